The van der Waals surface area contributed by atoms with E-state index < -0.39 is 0 Å². The number of hydrogen-bond donors (Lipinski definition) is 2. The van der Waals surface area contributed by atoms with Gasteiger partial charge in [-0.2, -0.15) is 5.10 Å². The van der Waals surface area contributed by atoms with Crippen molar-refractivity contribution >= 4 is 5.82 Å². The van der Waals surface area contributed by atoms with Gasteiger partial charge in [-0.3, -0.25) is 0 Å². The van der Waals surface area contributed by atoms with Crippen LogP contribution in [0.5, 0.6) is 0 Å². The summed E-state index contributed by atoms with van der Waals surface area (Å²) in [5.74, 6) is 0.912. The molecule has 2 rings (SSSR count). The van der Waals surface area contributed by atoms with Gasteiger partial charge in [-0.25, -0.2) is 4.68 Å². The number of aromatic nitrogens is 2. The standard InChI is InChI=1S/C12H15N3O/c1-9-11(8-16)14-15(12(9)13-2)10-6-4-3-5-7-10/h3-7,13,16H,8H2,1-2H3. The first kappa shape index (κ1) is 10.7. The van der Waals surface area contributed by atoms with Crippen molar-refractivity contribution in [3.8, 4) is 5.69 Å². The third kappa shape index (κ3) is 1.67. The number of anilines is 1. The van der Waals surface area contributed by atoms with Gasteiger partial charge in [-0.05, 0) is 19.1 Å². The lowest BCUT2D eigenvalue weighted by Crippen LogP contribution is -2.02. The zero-order valence-electron chi connectivity index (χ0n) is 9.44. The zero-order valence-corrected chi connectivity index (χ0v) is 9.44. The Labute approximate surface area is 94.5 Å². The molecular formula is C12H15N3O. The lowest BCUT2D eigenvalue weighted by Gasteiger charge is -2.06. The topological polar surface area (TPSA) is 50.1 Å². The molecule has 4 heteroatoms. The van der Waals surface area contributed by atoms with E-state index in [1.165, 1.54) is 0 Å². The molecule has 0 saturated heterocycles. The molecule has 0 atom stereocenters. The number of aliphatic hydroxyl groups is 1. The molecule has 0 spiro atoms. The second-order valence-electron chi connectivity index (χ2n) is 3.58. The number of aliphatic hydroxyl groups excluding tert-OH is 1. The normalized spacial score (nSPS) is 10.4. The van der Waals surface area contributed by atoms with Crippen molar-refractivity contribution in [3.63, 3.8) is 0 Å². The Morgan fingerprint density at radius 3 is 2.56 bits per heavy atom. The molecule has 16 heavy (non-hydrogen) atoms. The molecule has 1 aromatic heterocycles. The Morgan fingerprint density at radius 1 is 1.31 bits per heavy atom. The van der Waals surface area contributed by atoms with Crippen LogP contribution < -0.4 is 5.32 Å². The van der Waals surface area contributed by atoms with Crippen molar-refractivity contribution in [2.45, 2.75) is 13.5 Å². The summed E-state index contributed by atoms with van der Waals surface area (Å²) in [6, 6.07) is 9.85. The minimum Gasteiger partial charge on any atom is -0.390 e. The van der Waals surface area contributed by atoms with Gasteiger partial charge < -0.3 is 10.4 Å². The van der Waals surface area contributed by atoms with Gasteiger partial charge in [-0.1, -0.05) is 18.2 Å². The first-order valence-electron chi connectivity index (χ1n) is 5.20. The van der Waals surface area contributed by atoms with Crippen LogP contribution in [0.1, 0.15) is 11.3 Å². The minimum absolute atomic E-state index is 0.0413. The Hall–Kier alpha value is -1.81. The lowest BCUT2D eigenvalue weighted by atomic mass is 10.2. The fourth-order valence-corrected chi connectivity index (χ4v) is 1.74. The third-order valence-corrected chi connectivity index (χ3v) is 2.61. The van der Waals surface area contributed by atoms with Gasteiger partial charge in [0.05, 0.1) is 18.0 Å². The summed E-state index contributed by atoms with van der Waals surface area (Å²) in [7, 11) is 1.85. The summed E-state index contributed by atoms with van der Waals surface area (Å²) in [6.45, 7) is 1.91. The van der Waals surface area contributed by atoms with Crippen molar-refractivity contribution in [3.05, 3.63) is 41.6 Å². The molecule has 0 bridgehead atoms. The summed E-state index contributed by atoms with van der Waals surface area (Å²) in [5, 5.41) is 16.7. The number of para-hydroxylation sites is 1. The Morgan fingerprint density at radius 2 is 2.00 bits per heavy atom. The van der Waals surface area contributed by atoms with Crippen LogP contribution in [0.2, 0.25) is 0 Å². The summed E-state index contributed by atoms with van der Waals surface area (Å²) in [6.07, 6.45) is 0. The quantitative estimate of drug-likeness (QED) is 0.823. The maximum atomic E-state index is 9.20. The van der Waals surface area contributed by atoms with Crippen molar-refractivity contribution in [1.82, 2.24) is 9.78 Å². The van der Waals surface area contributed by atoms with Gasteiger partial charge in [0.25, 0.3) is 0 Å². The van der Waals surface area contributed by atoms with E-state index in [9.17, 15) is 5.11 Å². The second-order valence-corrected chi connectivity index (χ2v) is 3.58. The van der Waals surface area contributed by atoms with Crippen LogP contribution in [0.25, 0.3) is 5.69 Å². The van der Waals surface area contributed by atoms with Gasteiger partial charge in [0.2, 0.25) is 0 Å². The van der Waals surface area contributed by atoms with Crippen LogP contribution >= 0.6 is 0 Å². The van der Waals surface area contributed by atoms with Crippen molar-refractivity contribution in [1.29, 1.82) is 0 Å². The minimum atomic E-state index is -0.0413. The Kier molecular flexibility index (Phi) is 2.92. The summed E-state index contributed by atoms with van der Waals surface area (Å²) in [4.78, 5) is 0. The molecule has 0 unspecified atom stereocenters. The van der Waals surface area contributed by atoms with E-state index in [0.29, 0.717) is 5.69 Å². The maximum Gasteiger partial charge on any atom is 0.132 e. The van der Waals surface area contributed by atoms with Crippen molar-refractivity contribution in [2.75, 3.05) is 12.4 Å². The van der Waals surface area contributed by atoms with E-state index in [-0.39, 0.29) is 6.61 Å². The monoisotopic (exact) mass is 217 g/mol. The molecule has 84 valence electrons. The van der Waals surface area contributed by atoms with Gasteiger partial charge >= 0.3 is 0 Å². The first-order chi connectivity index (χ1) is 7.77. The molecule has 2 aromatic rings. The zero-order chi connectivity index (χ0) is 11.5. The molecule has 0 amide bonds. The lowest BCUT2D eigenvalue weighted by molar-refractivity contribution is 0.275. The molecular weight excluding hydrogens is 202 g/mol. The van der Waals surface area contributed by atoms with Gasteiger partial charge in [0, 0.05) is 12.6 Å². The van der Waals surface area contributed by atoms with Gasteiger partial charge in [-0.15, -0.1) is 0 Å². The van der Waals surface area contributed by atoms with Crippen LogP contribution in [0.4, 0.5) is 5.82 Å². The fraction of sp³-hybridized carbons (Fsp3) is 0.250. The highest BCUT2D eigenvalue weighted by Gasteiger charge is 2.13. The van der Waals surface area contributed by atoms with Crippen LogP contribution in [0, 0.1) is 6.92 Å². The highest BCUT2D eigenvalue weighted by atomic mass is 16.3. The van der Waals surface area contributed by atoms with Crippen molar-refractivity contribution in [2.24, 2.45) is 0 Å². The molecule has 0 aliphatic carbocycles. The Balaban J connectivity index is 2.57. The predicted molar refractivity (Wildman–Crippen MR) is 63.8 cm³/mol. The molecule has 1 aromatic carbocycles. The fourth-order valence-electron chi connectivity index (χ4n) is 1.74. The summed E-state index contributed by atoms with van der Waals surface area (Å²) >= 11 is 0. The van der Waals surface area contributed by atoms with E-state index in [2.05, 4.69) is 10.4 Å². The van der Waals surface area contributed by atoms with Crippen molar-refractivity contribution < 1.29 is 5.11 Å². The number of hydrogen-bond acceptors (Lipinski definition) is 3. The highest BCUT2D eigenvalue weighted by Crippen LogP contribution is 2.22. The third-order valence-electron chi connectivity index (χ3n) is 2.61. The van der Waals surface area contributed by atoms with Gasteiger partial charge in [0.1, 0.15) is 5.82 Å². The van der Waals surface area contributed by atoms with E-state index in [4.69, 9.17) is 0 Å². The Bertz CT molecular complexity index is 477. The summed E-state index contributed by atoms with van der Waals surface area (Å²) < 4.78 is 1.81. The largest absolute Gasteiger partial charge is 0.390 e. The second kappa shape index (κ2) is 4.37. The number of nitrogens with one attached hydrogen (secondary N) is 1. The molecule has 4 nitrogen and oxygen atoms in total. The van der Waals surface area contributed by atoms with Crippen LogP contribution in [0.3, 0.4) is 0 Å². The molecule has 0 fully saturated rings. The number of nitrogens with zero attached hydrogens (tertiary/aromatic N) is 2. The number of rotatable bonds is 3. The first-order valence-corrected chi connectivity index (χ1v) is 5.20. The van der Waals surface area contributed by atoms with E-state index >= 15 is 0 Å². The highest BCUT2D eigenvalue weighted by molar-refractivity contribution is 5.52. The molecule has 0 aliphatic rings. The molecule has 2 N–H and O–H groups in total. The van der Waals surface area contributed by atoms with Crippen LogP contribution in [-0.4, -0.2) is 21.9 Å². The number of benzene rings is 1. The van der Waals surface area contributed by atoms with Crippen LogP contribution in [0.15, 0.2) is 30.3 Å². The molecule has 0 radical (unpaired) electrons. The van der Waals surface area contributed by atoms with E-state index in [1.54, 1.807) is 4.68 Å². The molecule has 1 heterocycles. The average molecular weight is 217 g/mol. The average Bonchev–Trinajstić information content (AvgIpc) is 2.66. The van der Waals surface area contributed by atoms with E-state index in [1.807, 2.05) is 44.3 Å². The molecule has 0 aliphatic heterocycles. The summed E-state index contributed by atoms with van der Waals surface area (Å²) in [5.41, 5.74) is 2.66. The smallest absolute Gasteiger partial charge is 0.132 e. The van der Waals surface area contributed by atoms with Gasteiger partial charge in [0.15, 0.2) is 0 Å². The predicted octanol–water partition coefficient (Wildman–Crippen LogP) is 1.71. The van der Waals surface area contributed by atoms with Crippen LogP contribution in [-0.2, 0) is 6.61 Å². The SMILES string of the molecule is CNc1c(C)c(CO)nn1-c1ccccc1. The van der Waals surface area contributed by atoms with E-state index in [0.717, 1.165) is 17.1 Å². The maximum absolute atomic E-state index is 9.20. The molecule has 0 saturated carbocycles.